The molecule has 124 valence electrons. The van der Waals surface area contributed by atoms with E-state index < -0.39 is 0 Å². The SMILES string of the molecule is CCNC(=O)[C@H](C)Sc1ncnc2scc(-c3ccc(C)cc3)c12. The van der Waals surface area contributed by atoms with Crippen LogP contribution >= 0.6 is 23.1 Å². The van der Waals surface area contributed by atoms with E-state index in [4.69, 9.17) is 0 Å². The van der Waals surface area contributed by atoms with Crippen LogP contribution in [0, 0.1) is 6.92 Å². The lowest BCUT2D eigenvalue weighted by atomic mass is 10.1. The van der Waals surface area contributed by atoms with Gasteiger partial charge >= 0.3 is 0 Å². The van der Waals surface area contributed by atoms with Crippen molar-refractivity contribution in [3.8, 4) is 11.1 Å². The first-order chi connectivity index (χ1) is 11.6. The quantitative estimate of drug-likeness (QED) is 0.547. The minimum atomic E-state index is -0.200. The molecule has 24 heavy (non-hydrogen) atoms. The second-order valence-corrected chi connectivity index (χ2v) is 7.72. The van der Waals surface area contributed by atoms with Crippen molar-refractivity contribution in [3.05, 3.63) is 41.5 Å². The molecule has 1 atom stereocenters. The van der Waals surface area contributed by atoms with Crippen LogP contribution in [0.15, 0.2) is 41.0 Å². The number of nitrogens with one attached hydrogen (secondary N) is 1. The molecule has 0 spiro atoms. The Bertz CT molecular complexity index is 858. The number of hydrogen-bond acceptors (Lipinski definition) is 5. The molecule has 1 amide bonds. The third-order valence-corrected chi connectivity index (χ3v) is 5.69. The lowest BCUT2D eigenvalue weighted by Gasteiger charge is -2.11. The number of thioether (sulfide) groups is 1. The molecule has 0 fully saturated rings. The summed E-state index contributed by atoms with van der Waals surface area (Å²) in [5, 5.41) is 6.67. The van der Waals surface area contributed by atoms with E-state index in [-0.39, 0.29) is 11.2 Å². The van der Waals surface area contributed by atoms with E-state index in [2.05, 4.69) is 51.9 Å². The number of rotatable bonds is 5. The third-order valence-electron chi connectivity index (χ3n) is 3.71. The molecule has 6 heteroatoms. The fourth-order valence-electron chi connectivity index (χ4n) is 2.42. The Hall–Kier alpha value is -1.92. The van der Waals surface area contributed by atoms with Gasteiger partial charge in [-0.15, -0.1) is 11.3 Å². The van der Waals surface area contributed by atoms with Crippen LogP contribution in [0.5, 0.6) is 0 Å². The summed E-state index contributed by atoms with van der Waals surface area (Å²) in [6.45, 7) is 6.54. The highest BCUT2D eigenvalue weighted by molar-refractivity contribution is 8.00. The lowest BCUT2D eigenvalue weighted by molar-refractivity contribution is -0.120. The topological polar surface area (TPSA) is 54.9 Å². The molecule has 3 aromatic rings. The van der Waals surface area contributed by atoms with Gasteiger partial charge in [0, 0.05) is 17.5 Å². The number of nitrogens with zero attached hydrogens (tertiary/aromatic N) is 2. The number of aryl methyl sites for hydroxylation is 1. The van der Waals surface area contributed by atoms with Gasteiger partial charge in [0.15, 0.2) is 0 Å². The maximum absolute atomic E-state index is 12.0. The molecule has 3 rings (SSSR count). The van der Waals surface area contributed by atoms with E-state index >= 15 is 0 Å². The molecule has 0 saturated carbocycles. The number of hydrogen-bond donors (Lipinski definition) is 1. The van der Waals surface area contributed by atoms with E-state index in [1.807, 2.05) is 13.8 Å². The molecule has 4 nitrogen and oxygen atoms in total. The molecular formula is C18H19N3OS2. The highest BCUT2D eigenvalue weighted by Crippen LogP contribution is 2.38. The van der Waals surface area contributed by atoms with Gasteiger partial charge in [0.25, 0.3) is 0 Å². The number of thiophene rings is 1. The van der Waals surface area contributed by atoms with Crippen LogP contribution in [-0.4, -0.2) is 27.7 Å². The number of aromatic nitrogens is 2. The molecule has 0 bridgehead atoms. The summed E-state index contributed by atoms with van der Waals surface area (Å²) < 4.78 is 0. The van der Waals surface area contributed by atoms with Crippen molar-refractivity contribution in [1.29, 1.82) is 0 Å². The highest BCUT2D eigenvalue weighted by Gasteiger charge is 2.19. The predicted octanol–water partition coefficient (Wildman–Crippen LogP) is 4.28. The van der Waals surface area contributed by atoms with E-state index in [1.165, 1.54) is 17.3 Å². The van der Waals surface area contributed by atoms with Crippen molar-refractivity contribution >= 4 is 39.2 Å². The van der Waals surface area contributed by atoms with E-state index in [0.29, 0.717) is 6.54 Å². The van der Waals surface area contributed by atoms with Gasteiger partial charge in [-0.2, -0.15) is 0 Å². The highest BCUT2D eigenvalue weighted by atomic mass is 32.2. The Balaban J connectivity index is 2.01. The average Bonchev–Trinajstić information content (AvgIpc) is 3.01. The van der Waals surface area contributed by atoms with Gasteiger partial charge in [0.05, 0.1) is 10.6 Å². The van der Waals surface area contributed by atoms with Crippen molar-refractivity contribution in [2.45, 2.75) is 31.0 Å². The average molecular weight is 358 g/mol. The summed E-state index contributed by atoms with van der Waals surface area (Å²) in [7, 11) is 0. The molecule has 0 aliphatic heterocycles. The van der Waals surface area contributed by atoms with Gasteiger partial charge in [-0.05, 0) is 26.3 Å². The molecule has 0 aliphatic rings. The molecule has 0 radical (unpaired) electrons. The first kappa shape index (κ1) is 16.9. The predicted molar refractivity (Wildman–Crippen MR) is 102 cm³/mol. The van der Waals surface area contributed by atoms with Gasteiger partial charge in [-0.25, -0.2) is 9.97 Å². The van der Waals surface area contributed by atoms with Gasteiger partial charge in [-0.1, -0.05) is 41.6 Å². The van der Waals surface area contributed by atoms with Gasteiger partial charge in [0.2, 0.25) is 5.91 Å². The number of fused-ring (bicyclic) bond motifs is 1. The number of carbonyl (C=O) groups is 1. The van der Waals surface area contributed by atoms with Crippen molar-refractivity contribution in [2.75, 3.05) is 6.54 Å². The molecule has 0 saturated heterocycles. The summed E-state index contributed by atoms with van der Waals surface area (Å²) in [6, 6.07) is 8.44. The van der Waals surface area contributed by atoms with Crippen molar-refractivity contribution < 1.29 is 4.79 Å². The van der Waals surface area contributed by atoms with Crippen LogP contribution < -0.4 is 5.32 Å². The summed E-state index contributed by atoms with van der Waals surface area (Å²) >= 11 is 3.09. The minimum Gasteiger partial charge on any atom is -0.355 e. The Morgan fingerprint density at radius 3 is 2.75 bits per heavy atom. The largest absolute Gasteiger partial charge is 0.355 e. The van der Waals surface area contributed by atoms with Gasteiger partial charge in [-0.3, -0.25) is 4.79 Å². The number of carbonyl (C=O) groups excluding carboxylic acids is 1. The smallest absolute Gasteiger partial charge is 0.233 e. The maximum atomic E-state index is 12.0. The second kappa shape index (κ2) is 7.32. The van der Waals surface area contributed by atoms with Crippen LogP contribution in [-0.2, 0) is 4.79 Å². The summed E-state index contributed by atoms with van der Waals surface area (Å²) in [6.07, 6.45) is 1.57. The number of amides is 1. The zero-order chi connectivity index (χ0) is 17.1. The Morgan fingerprint density at radius 2 is 2.04 bits per heavy atom. The monoisotopic (exact) mass is 357 g/mol. The van der Waals surface area contributed by atoms with E-state index in [9.17, 15) is 4.79 Å². The van der Waals surface area contributed by atoms with E-state index in [1.54, 1.807) is 17.7 Å². The summed E-state index contributed by atoms with van der Waals surface area (Å²) in [5.74, 6) is 0.0291. The van der Waals surface area contributed by atoms with Gasteiger partial charge in [0.1, 0.15) is 16.2 Å². The molecule has 2 aromatic heterocycles. The van der Waals surface area contributed by atoms with Crippen molar-refractivity contribution in [3.63, 3.8) is 0 Å². The zero-order valence-corrected chi connectivity index (χ0v) is 15.5. The number of benzene rings is 1. The lowest BCUT2D eigenvalue weighted by Crippen LogP contribution is -2.30. The Morgan fingerprint density at radius 1 is 1.29 bits per heavy atom. The molecule has 1 aromatic carbocycles. The minimum absolute atomic E-state index is 0.0291. The normalized spacial score (nSPS) is 12.3. The zero-order valence-electron chi connectivity index (χ0n) is 13.9. The van der Waals surface area contributed by atoms with Crippen LogP contribution in [0.3, 0.4) is 0 Å². The fourth-order valence-corrected chi connectivity index (χ4v) is 4.36. The van der Waals surface area contributed by atoms with Crippen molar-refractivity contribution in [1.82, 2.24) is 15.3 Å². The van der Waals surface area contributed by atoms with Crippen LogP contribution in [0.2, 0.25) is 0 Å². The second-order valence-electron chi connectivity index (χ2n) is 5.53. The van der Waals surface area contributed by atoms with Crippen LogP contribution in [0.25, 0.3) is 21.3 Å². The van der Waals surface area contributed by atoms with Crippen molar-refractivity contribution in [2.24, 2.45) is 0 Å². The molecule has 1 N–H and O–H groups in total. The molecule has 2 heterocycles. The standard InChI is InChI=1S/C18H19N3OS2/c1-4-19-16(22)12(3)24-18-15-14(9-23-17(15)20-10-21-18)13-7-5-11(2)6-8-13/h5-10,12H,4H2,1-3H3,(H,19,22)/t12-/m0/s1. The molecular weight excluding hydrogens is 338 g/mol. The first-order valence-corrected chi connectivity index (χ1v) is 9.59. The molecule has 0 unspecified atom stereocenters. The van der Waals surface area contributed by atoms with E-state index in [0.717, 1.165) is 26.4 Å². The van der Waals surface area contributed by atoms with Crippen LogP contribution in [0.4, 0.5) is 0 Å². The third kappa shape index (κ3) is 3.44. The maximum Gasteiger partial charge on any atom is 0.233 e. The van der Waals surface area contributed by atoms with Gasteiger partial charge < -0.3 is 5.32 Å². The van der Waals surface area contributed by atoms with Crippen LogP contribution in [0.1, 0.15) is 19.4 Å². The Kier molecular flexibility index (Phi) is 5.16. The molecule has 0 aliphatic carbocycles. The fraction of sp³-hybridized carbons (Fsp3) is 0.278. The first-order valence-electron chi connectivity index (χ1n) is 7.83. The Labute approximate surface area is 149 Å². The summed E-state index contributed by atoms with van der Waals surface area (Å²) in [4.78, 5) is 21.8. The summed E-state index contributed by atoms with van der Waals surface area (Å²) in [5.41, 5.74) is 3.50.